The Hall–Kier alpha value is -0.990. The second kappa shape index (κ2) is 6.86. The van der Waals surface area contributed by atoms with E-state index in [1.54, 1.807) is 16.7 Å². The monoisotopic (exact) mass is 357 g/mol. The van der Waals surface area contributed by atoms with E-state index in [2.05, 4.69) is 11.9 Å². The fourth-order valence-corrected chi connectivity index (χ4v) is 5.54. The third-order valence-electron chi connectivity index (χ3n) is 4.57. The number of carbonyl (C=O) groups is 1. The average Bonchev–Trinajstić information content (AvgIpc) is 3.06. The third-order valence-corrected chi connectivity index (χ3v) is 7.38. The van der Waals surface area contributed by atoms with Crippen molar-refractivity contribution in [1.82, 2.24) is 14.2 Å². The van der Waals surface area contributed by atoms with Crippen LogP contribution in [0.3, 0.4) is 0 Å². The van der Waals surface area contributed by atoms with Gasteiger partial charge in [-0.3, -0.25) is 4.79 Å². The van der Waals surface area contributed by atoms with E-state index in [1.165, 1.54) is 16.6 Å². The van der Waals surface area contributed by atoms with Gasteiger partial charge in [0.05, 0.1) is 0 Å². The first-order valence-corrected chi connectivity index (χ1v) is 10.6. The van der Waals surface area contributed by atoms with Crippen molar-refractivity contribution in [3.63, 3.8) is 0 Å². The molecular weight excluding hydrogens is 334 g/mol. The minimum absolute atomic E-state index is 0.104. The van der Waals surface area contributed by atoms with Crippen molar-refractivity contribution in [2.75, 3.05) is 37.7 Å². The maximum atomic E-state index is 12.6. The fraction of sp³-hybridized carbons (Fsp3) is 0.667. The van der Waals surface area contributed by atoms with Gasteiger partial charge in [0.15, 0.2) is 0 Å². The molecule has 0 radical (unpaired) electrons. The summed E-state index contributed by atoms with van der Waals surface area (Å²) in [6, 6.07) is 1.48. The molecule has 0 saturated carbocycles. The summed E-state index contributed by atoms with van der Waals surface area (Å²) >= 11 is 1.76. The molecule has 2 fully saturated rings. The van der Waals surface area contributed by atoms with Gasteiger partial charge in [-0.05, 0) is 24.8 Å². The number of nitrogens with zero attached hydrogens (tertiary/aromatic N) is 2. The molecule has 0 unspecified atom stereocenters. The Morgan fingerprint density at radius 2 is 1.87 bits per heavy atom. The van der Waals surface area contributed by atoms with Gasteiger partial charge >= 0.3 is 0 Å². The van der Waals surface area contributed by atoms with Crippen LogP contribution in [0.5, 0.6) is 0 Å². The topological polar surface area (TPSA) is 73.5 Å². The van der Waals surface area contributed by atoms with Gasteiger partial charge in [0, 0.05) is 43.9 Å². The third kappa shape index (κ3) is 3.59. The van der Waals surface area contributed by atoms with Crippen LogP contribution in [0.25, 0.3) is 0 Å². The normalized spacial score (nSPS) is 21.5. The van der Waals surface area contributed by atoms with E-state index in [9.17, 15) is 13.2 Å². The van der Waals surface area contributed by atoms with Crippen molar-refractivity contribution in [3.8, 4) is 0 Å². The lowest BCUT2D eigenvalue weighted by Gasteiger charge is -2.29. The number of amides is 1. The van der Waals surface area contributed by atoms with E-state index in [-0.39, 0.29) is 10.8 Å². The van der Waals surface area contributed by atoms with Crippen molar-refractivity contribution in [3.05, 3.63) is 18.0 Å². The molecule has 0 spiro atoms. The Balaban J connectivity index is 1.73. The molecule has 0 aliphatic carbocycles. The predicted molar refractivity (Wildman–Crippen MR) is 91.2 cm³/mol. The summed E-state index contributed by atoms with van der Waals surface area (Å²) in [4.78, 5) is 17.4. The Kier molecular flexibility index (Phi) is 5.03. The molecule has 1 aromatic heterocycles. The van der Waals surface area contributed by atoms with E-state index in [1.807, 2.05) is 0 Å². The minimum atomic E-state index is -3.50. The highest BCUT2D eigenvalue weighted by atomic mass is 32.2. The first kappa shape index (κ1) is 16.9. The van der Waals surface area contributed by atoms with E-state index >= 15 is 0 Å². The lowest BCUT2D eigenvalue weighted by atomic mass is 9.99. The summed E-state index contributed by atoms with van der Waals surface area (Å²) in [5.41, 5.74) is 0.365. The molecule has 2 aliphatic rings. The lowest BCUT2D eigenvalue weighted by molar-refractivity contribution is 0.0692. The highest BCUT2D eigenvalue weighted by Crippen LogP contribution is 2.22. The number of thioether (sulfide) groups is 1. The van der Waals surface area contributed by atoms with E-state index in [4.69, 9.17) is 0 Å². The van der Waals surface area contributed by atoms with Gasteiger partial charge in [-0.25, -0.2) is 8.42 Å². The molecule has 1 amide bonds. The van der Waals surface area contributed by atoms with E-state index in [0.29, 0.717) is 24.7 Å². The van der Waals surface area contributed by atoms with Gasteiger partial charge < -0.3 is 9.88 Å². The van der Waals surface area contributed by atoms with Crippen LogP contribution >= 0.6 is 11.8 Å². The molecular formula is C15H23N3O3S2. The van der Waals surface area contributed by atoms with Crippen LogP contribution < -0.4 is 0 Å². The summed E-state index contributed by atoms with van der Waals surface area (Å²) in [6.45, 7) is 4.74. The zero-order valence-corrected chi connectivity index (χ0v) is 15.0. The largest absolute Gasteiger partial charge is 0.356 e. The zero-order chi connectivity index (χ0) is 16.4. The van der Waals surface area contributed by atoms with Crippen LogP contribution in [-0.2, 0) is 10.0 Å². The van der Waals surface area contributed by atoms with Gasteiger partial charge in [-0.15, -0.1) is 0 Å². The molecule has 23 heavy (non-hydrogen) atoms. The number of piperidine rings is 1. The van der Waals surface area contributed by atoms with E-state index in [0.717, 1.165) is 37.4 Å². The maximum absolute atomic E-state index is 12.6. The van der Waals surface area contributed by atoms with Gasteiger partial charge in [0.2, 0.25) is 10.0 Å². The standard InChI is InChI=1S/C15H23N3O3S2/c1-12-2-4-17(5-3-12)15(19)14-10-13(11-16-14)23(20,21)18-6-8-22-9-7-18/h10-12,16H,2-9H2,1H3. The molecule has 3 rings (SSSR count). The molecule has 6 nitrogen and oxygen atoms in total. The predicted octanol–water partition coefficient (Wildman–Crippen LogP) is 1.62. The van der Waals surface area contributed by atoms with Crippen LogP contribution in [0.4, 0.5) is 0 Å². The van der Waals surface area contributed by atoms with Gasteiger partial charge in [-0.2, -0.15) is 16.1 Å². The van der Waals surface area contributed by atoms with Gasteiger partial charge in [0.25, 0.3) is 5.91 Å². The molecule has 1 aromatic rings. The van der Waals surface area contributed by atoms with Crippen LogP contribution in [0.1, 0.15) is 30.3 Å². The number of sulfonamides is 1. The Labute approximate surface area is 141 Å². The number of hydrogen-bond donors (Lipinski definition) is 1. The van der Waals surface area contributed by atoms with Crippen molar-refractivity contribution >= 4 is 27.7 Å². The number of aromatic amines is 1. The van der Waals surface area contributed by atoms with Crippen LogP contribution in [-0.4, -0.2) is 66.2 Å². The van der Waals surface area contributed by atoms with Crippen molar-refractivity contribution in [1.29, 1.82) is 0 Å². The Bertz CT molecular complexity index is 657. The number of nitrogens with one attached hydrogen (secondary N) is 1. The highest BCUT2D eigenvalue weighted by Gasteiger charge is 2.29. The lowest BCUT2D eigenvalue weighted by Crippen LogP contribution is -2.38. The first-order chi connectivity index (χ1) is 11.0. The highest BCUT2D eigenvalue weighted by molar-refractivity contribution is 7.99. The molecule has 128 valence electrons. The summed E-state index contributed by atoms with van der Waals surface area (Å²) in [5.74, 6) is 2.19. The maximum Gasteiger partial charge on any atom is 0.270 e. The second-order valence-corrected chi connectivity index (χ2v) is 9.40. The summed E-state index contributed by atoms with van der Waals surface area (Å²) in [7, 11) is -3.50. The van der Waals surface area contributed by atoms with Gasteiger partial charge in [0.1, 0.15) is 10.6 Å². The number of carbonyl (C=O) groups excluding carboxylic acids is 1. The van der Waals surface area contributed by atoms with Crippen molar-refractivity contribution in [2.24, 2.45) is 5.92 Å². The molecule has 8 heteroatoms. The smallest absolute Gasteiger partial charge is 0.270 e. The molecule has 1 N–H and O–H groups in total. The number of rotatable bonds is 3. The van der Waals surface area contributed by atoms with Crippen LogP contribution in [0.15, 0.2) is 17.2 Å². The second-order valence-electron chi connectivity index (χ2n) is 6.24. The number of aromatic nitrogens is 1. The van der Waals surface area contributed by atoms with Crippen molar-refractivity contribution in [2.45, 2.75) is 24.7 Å². The number of H-pyrrole nitrogens is 1. The molecule has 0 atom stereocenters. The van der Waals surface area contributed by atoms with Crippen LogP contribution in [0, 0.1) is 5.92 Å². The molecule has 3 heterocycles. The van der Waals surface area contributed by atoms with Crippen LogP contribution in [0.2, 0.25) is 0 Å². The minimum Gasteiger partial charge on any atom is -0.356 e. The van der Waals surface area contributed by atoms with Gasteiger partial charge in [-0.1, -0.05) is 6.92 Å². The zero-order valence-electron chi connectivity index (χ0n) is 13.3. The molecule has 0 aromatic carbocycles. The molecule has 2 saturated heterocycles. The Morgan fingerprint density at radius 3 is 2.52 bits per heavy atom. The molecule has 0 bridgehead atoms. The quantitative estimate of drug-likeness (QED) is 0.892. The summed E-state index contributed by atoms with van der Waals surface area (Å²) in [6.07, 6.45) is 3.45. The SMILES string of the molecule is CC1CCN(C(=O)c2cc(S(=O)(=O)N3CCSCC3)c[nH]2)CC1. The average molecular weight is 358 g/mol. The Morgan fingerprint density at radius 1 is 1.22 bits per heavy atom. The number of hydrogen-bond acceptors (Lipinski definition) is 4. The first-order valence-electron chi connectivity index (χ1n) is 8.04. The molecule has 2 aliphatic heterocycles. The summed E-state index contributed by atoms with van der Waals surface area (Å²) < 4.78 is 26.7. The van der Waals surface area contributed by atoms with E-state index < -0.39 is 10.0 Å². The fourth-order valence-electron chi connectivity index (χ4n) is 2.96. The van der Waals surface area contributed by atoms with Crippen molar-refractivity contribution < 1.29 is 13.2 Å². The summed E-state index contributed by atoms with van der Waals surface area (Å²) in [5, 5.41) is 0. The number of likely N-dealkylation sites (tertiary alicyclic amines) is 1.